The van der Waals surface area contributed by atoms with Crippen LogP contribution in [0.25, 0.3) is 72.9 Å². The second-order valence-corrected chi connectivity index (χ2v) is 14.8. The van der Waals surface area contributed by atoms with Gasteiger partial charge < -0.3 is 0 Å². The Morgan fingerprint density at radius 2 is 0.700 bits per heavy atom. The van der Waals surface area contributed by atoms with E-state index in [0.717, 1.165) is 74.6 Å². The molecule has 2 heterocycles. The van der Waals surface area contributed by atoms with Crippen molar-refractivity contribution in [1.29, 1.82) is 0 Å². The van der Waals surface area contributed by atoms with Crippen molar-refractivity contribution in [2.24, 2.45) is 9.98 Å². The molecular formula is C55H39N5. The third-order valence-corrected chi connectivity index (χ3v) is 10.9. The highest BCUT2D eigenvalue weighted by Gasteiger charge is 2.16. The summed E-state index contributed by atoms with van der Waals surface area (Å²) >= 11 is 0. The van der Waals surface area contributed by atoms with Crippen LogP contribution in [-0.4, -0.2) is 26.5 Å². The fourth-order valence-corrected chi connectivity index (χ4v) is 7.82. The van der Waals surface area contributed by atoms with E-state index >= 15 is 0 Å². The van der Waals surface area contributed by atoms with E-state index in [-0.39, 0.29) is 0 Å². The summed E-state index contributed by atoms with van der Waals surface area (Å²) in [4.78, 5) is 25.1. The predicted octanol–water partition coefficient (Wildman–Crippen LogP) is 13.4. The van der Waals surface area contributed by atoms with Gasteiger partial charge in [0.15, 0.2) is 23.3 Å². The number of rotatable bonds is 8. The minimum absolute atomic E-state index is 0.639. The van der Waals surface area contributed by atoms with Crippen molar-refractivity contribution in [3.8, 4) is 56.4 Å². The number of aromatic nitrogens is 3. The smallest absolute Gasteiger partial charge is 0.164 e. The molecule has 0 saturated carbocycles. The van der Waals surface area contributed by atoms with Gasteiger partial charge >= 0.3 is 0 Å². The van der Waals surface area contributed by atoms with Crippen LogP contribution in [0.15, 0.2) is 222 Å². The zero-order chi connectivity index (χ0) is 40.1. The van der Waals surface area contributed by atoms with Crippen LogP contribution in [-0.2, 0) is 0 Å². The summed E-state index contributed by atoms with van der Waals surface area (Å²) in [5.74, 6) is 2.66. The molecule has 1 aliphatic heterocycles. The molecule has 5 heteroatoms. The lowest BCUT2D eigenvalue weighted by atomic mass is 9.92. The van der Waals surface area contributed by atoms with Crippen molar-refractivity contribution >= 4 is 28.0 Å². The number of hydrogen-bond donors (Lipinski definition) is 0. The standard InChI is InChI=1S/C55H39N5/c1-5-16-40(17-6-1)50-28-15-29-51(57-52(56-50)42-18-7-2-8-19-42)41-34-30-38(31-35-41)46-24-13-27-49-47(25-14-26-48(46)49)39-32-36-45(37-33-39)55-59-53(43-20-9-3-10-21-43)58-54(60-55)44-22-11-4-12-23-44/h1-14,16-28,30-37H,15,29H2. The average Bonchev–Trinajstić information content (AvgIpc) is 3.32. The molecule has 0 aliphatic carbocycles. The van der Waals surface area contributed by atoms with E-state index in [9.17, 15) is 0 Å². The Hall–Kier alpha value is -7.89. The van der Waals surface area contributed by atoms with Gasteiger partial charge in [0, 0.05) is 22.3 Å². The van der Waals surface area contributed by atoms with Crippen molar-refractivity contribution in [3.63, 3.8) is 0 Å². The van der Waals surface area contributed by atoms with E-state index in [1.165, 1.54) is 21.9 Å². The fourth-order valence-electron chi connectivity index (χ4n) is 7.82. The second-order valence-electron chi connectivity index (χ2n) is 14.8. The van der Waals surface area contributed by atoms with Gasteiger partial charge in [0.25, 0.3) is 0 Å². The number of nitrogens with zero attached hydrogens (tertiary/aromatic N) is 5. The van der Waals surface area contributed by atoms with Crippen molar-refractivity contribution in [3.05, 3.63) is 229 Å². The molecule has 9 aromatic rings. The van der Waals surface area contributed by atoms with Crippen molar-refractivity contribution < 1.29 is 0 Å². The molecule has 1 aliphatic rings. The molecule has 1 aromatic heterocycles. The maximum atomic E-state index is 5.23. The van der Waals surface area contributed by atoms with Gasteiger partial charge in [0.2, 0.25) is 0 Å². The highest BCUT2D eigenvalue weighted by atomic mass is 15.0. The molecular weight excluding hydrogens is 731 g/mol. The highest BCUT2D eigenvalue weighted by Crippen LogP contribution is 2.36. The topological polar surface area (TPSA) is 63.4 Å². The van der Waals surface area contributed by atoms with Crippen LogP contribution in [0.1, 0.15) is 29.5 Å². The fraction of sp³-hybridized carbons (Fsp3) is 0.0364. The number of hydrogen-bond acceptors (Lipinski definition) is 5. The van der Waals surface area contributed by atoms with Crippen molar-refractivity contribution in [1.82, 2.24) is 15.0 Å². The molecule has 0 spiro atoms. The van der Waals surface area contributed by atoms with Crippen LogP contribution in [0.3, 0.4) is 0 Å². The largest absolute Gasteiger partial charge is 0.232 e. The first-order chi connectivity index (χ1) is 29.7. The molecule has 0 fully saturated rings. The lowest BCUT2D eigenvalue weighted by molar-refractivity contribution is 1.07. The summed E-state index contributed by atoms with van der Waals surface area (Å²) in [6, 6.07) is 71.3. The summed E-state index contributed by atoms with van der Waals surface area (Å²) in [5, 5.41) is 2.39. The zero-order valence-corrected chi connectivity index (χ0v) is 32.9. The third-order valence-electron chi connectivity index (χ3n) is 10.9. The van der Waals surface area contributed by atoms with Gasteiger partial charge in [-0.2, -0.15) is 0 Å². The van der Waals surface area contributed by atoms with Gasteiger partial charge in [-0.15, -0.1) is 0 Å². The minimum atomic E-state index is 0.639. The molecule has 10 rings (SSSR count). The molecule has 284 valence electrons. The molecule has 0 saturated heterocycles. The molecule has 5 nitrogen and oxygen atoms in total. The minimum Gasteiger partial charge on any atom is -0.232 e. The van der Waals surface area contributed by atoms with Gasteiger partial charge in [-0.25, -0.2) is 24.9 Å². The first kappa shape index (κ1) is 36.5. The van der Waals surface area contributed by atoms with E-state index in [1.54, 1.807) is 0 Å². The van der Waals surface area contributed by atoms with Crippen LogP contribution in [0, 0.1) is 0 Å². The highest BCUT2D eigenvalue weighted by molar-refractivity contribution is 6.14. The molecule has 0 bridgehead atoms. The first-order valence-electron chi connectivity index (χ1n) is 20.3. The molecule has 0 atom stereocenters. The van der Waals surface area contributed by atoms with Gasteiger partial charge in [-0.3, -0.25) is 0 Å². The molecule has 0 unspecified atom stereocenters. The number of aliphatic imine (C=N–C) groups is 2. The first-order valence-corrected chi connectivity index (χ1v) is 20.3. The van der Waals surface area contributed by atoms with E-state index in [1.807, 2.05) is 84.9 Å². The summed E-state index contributed by atoms with van der Waals surface area (Å²) in [7, 11) is 0. The SMILES string of the molecule is C1=C(c2ccccc2)N=C(c2ccccc2)N=C(c2ccc(-c3cccc4c(-c5ccc(-c6nc(-c7ccccc7)nc(-c7ccccc7)n6)cc5)cccc34)cc2)CC1. The lowest BCUT2D eigenvalue weighted by Gasteiger charge is -2.14. The average molecular weight is 770 g/mol. The van der Waals surface area contributed by atoms with Crippen LogP contribution in [0.5, 0.6) is 0 Å². The third kappa shape index (κ3) is 7.60. The maximum Gasteiger partial charge on any atom is 0.164 e. The van der Waals surface area contributed by atoms with Crippen molar-refractivity contribution in [2.75, 3.05) is 0 Å². The van der Waals surface area contributed by atoms with E-state index in [0.29, 0.717) is 17.5 Å². The molecule has 8 aromatic carbocycles. The molecule has 60 heavy (non-hydrogen) atoms. The van der Waals surface area contributed by atoms with Crippen LogP contribution < -0.4 is 0 Å². The van der Waals surface area contributed by atoms with Gasteiger partial charge in [0.05, 0.1) is 11.4 Å². The van der Waals surface area contributed by atoms with Crippen LogP contribution in [0.2, 0.25) is 0 Å². The summed E-state index contributed by atoms with van der Waals surface area (Å²) in [5.41, 5.74) is 12.6. The summed E-state index contributed by atoms with van der Waals surface area (Å²) < 4.78 is 0. The Kier molecular flexibility index (Phi) is 10.0. The Morgan fingerprint density at radius 3 is 1.18 bits per heavy atom. The second kappa shape index (κ2) is 16.5. The van der Waals surface area contributed by atoms with Crippen molar-refractivity contribution in [2.45, 2.75) is 12.8 Å². The normalized spacial score (nSPS) is 12.8. The zero-order valence-electron chi connectivity index (χ0n) is 32.9. The Morgan fingerprint density at radius 1 is 0.300 bits per heavy atom. The molecule has 0 amide bonds. The van der Waals surface area contributed by atoms with E-state index in [4.69, 9.17) is 24.9 Å². The predicted molar refractivity (Wildman–Crippen MR) is 248 cm³/mol. The Bertz CT molecular complexity index is 2970. The number of benzene rings is 8. The van der Waals surface area contributed by atoms with Crippen LogP contribution in [0.4, 0.5) is 0 Å². The quantitative estimate of drug-likeness (QED) is 0.155. The summed E-state index contributed by atoms with van der Waals surface area (Å²) in [6.45, 7) is 0. The lowest BCUT2D eigenvalue weighted by Crippen LogP contribution is -2.09. The van der Waals surface area contributed by atoms with Crippen LogP contribution >= 0.6 is 0 Å². The van der Waals surface area contributed by atoms with E-state index in [2.05, 4.69) is 127 Å². The number of amidine groups is 1. The Balaban J connectivity index is 0.959. The number of allylic oxidation sites excluding steroid dienone is 1. The number of fused-ring (bicyclic) bond motifs is 1. The summed E-state index contributed by atoms with van der Waals surface area (Å²) in [6.07, 6.45) is 3.90. The van der Waals surface area contributed by atoms with E-state index < -0.39 is 0 Å². The maximum absolute atomic E-state index is 5.23. The molecule has 0 radical (unpaired) electrons. The van der Waals surface area contributed by atoms with Gasteiger partial charge in [0.1, 0.15) is 0 Å². The van der Waals surface area contributed by atoms with Gasteiger partial charge in [-0.1, -0.05) is 212 Å². The van der Waals surface area contributed by atoms with Gasteiger partial charge in [-0.05, 0) is 57.0 Å². The Labute approximate surface area is 349 Å². The molecule has 0 N–H and O–H groups in total. The monoisotopic (exact) mass is 769 g/mol.